The van der Waals surface area contributed by atoms with Crippen molar-refractivity contribution in [3.05, 3.63) is 53.6 Å². The number of carboxylic acid groups (broad SMARTS) is 1. The average molecular weight is 690 g/mol. The van der Waals surface area contributed by atoms with E-state index >= 15 is 0 Å². The van der Waals surface area contributed by atoms with Crippen molar-refractivity contribution in [2.24, 2.45) is 5.41 Å². The van der Waals surface area contributed by atoms with Gasteiger partial charge in [0, 0.05) is 36.9 Å². The minimum absolute atomic E-state index is 0.172. The van der Waals surface area contributed by atoms with Gasteiger partial charge < -0.3 is 19.8 Å². The van der Waals surface area contributed by atoms with Gasteiger partial charge in [-0.3, -0.25) is 13.9 Å². The maximum atomic E-state index is 12.4. The first-order valence-corrected chi connectivity index (χ1v) is 19.3. The predicted octanol–water partition coefficient (Wildman–Crippen LogP) is 7.15. The molecular weight excluding hydrogens is 639 g/mol. The molecule has 0 spiro atoms. The van der Waals surface area contributed by atoms with Crippen LogP contribution < -0.4 is 9.64 Å². The van der Waals surface area contributed by atoms with Gasteiger partial charge in [0.25, 0.3) is 0 Å². The van der Waals surface area contributed by atoms with Crippen molar-refractivity contribution >= 4 is 34.0 Å². The van der Waals surface area contributed by atoms with Crippen LogP contribution in [0.3, 0.4) is 0 Å². The molecule has 13 heteroatoms. The molecule has 0 radical (unpaired) electrons. The Hall–Kier alpha value is -2.84. The minimum atomic E-state index is -3.15. The molecule has 2 unspecified atom stereocenters. The lowest BCUT2D eigenvalue weighted by Crippen LogP contribution is -2.42. The Balaban J connectivity index is 1.47. The van der Waals surface area contributed by atoms with Gasteiger partial charge in [0.05, 0.1) is 23.4 Å². The highest BCUT2D eigenvalue weighted by Gasteiger charge is 2.49. The summed E-state index contributed by atoms with van der Waals surface area (Å²) in [5, 5.41) is 33.1. The molecule has 1 aliphatic rings. The molecule has 4 N–H and O–H groups in total. The highest BCUT2D eigenvalue weighted by atomic mass is 32.3. The van der Waals surface area contributed by atoms with Crippen LogP contribution in [0.1, 0.15) is 88.7 Å². The fraction of sp³-hybridized carbons (Fsp3) is 0.588. The summed E-state index contributed by atoms with van der Waals surface area (Å²) in [5.41, 5.74) is 2.03. The topological polar surface area (TPSA) is 154 Å². The van der Waals surface area contributed by atoms with Gasteiger partial charge in [-0.25, -0.2) is 4.68 Å². The van der Waals surface area contributed by atoms with Crippen molar-refractivity contribution in [1.29, 1.82) is 0 Å². The summed E-state index contributed by atoms with van der Waals surface area (Å²) in [4.78, 5) is 13.5. The lowest BCUT2D eigenvalue weighted by atomic mass is 9.68. The van der Waals surface area contributed by atoms with E-state index in [1.165, 1.54) is 16.4 Å². The van der Waals surface area contributed by atoms with E-state index < -0.39 is 34.0 Å². The third kappa shape index (κ3) is 9.41. The molecule has 2 atom stereocenters. The molecule has 2 aromatic carbocycles. The molecular formula is C34H51N5O6S2. The third-order valence-corrected chi connectivity index (χ3v) is 12.1. The zero-order valence-corrected chi connectivity index (χ0v) is 29.7. The van der Waals surface area contributed by atoms with Crippen molar-refractivity contribution in [3.63, 3.8) is 0 Å². The third-order valence-electron chi connectivity index (χ3n) is 9.00. The maximum absolute atomic E-state index is 12.4. The van der Waals surface area contributed by atoms with Crippen molar-refractivity contribution in [3.8, 4) is 5.75 Å². The summed E-state index contributed by atoms with van der Waals surface area (Å²) in [6.07, 6.45) is 7.18. The molecule has 1 aliphatic heterocycles. The molecule has 260 valence electrons. The number of ether oxygens (including phenoxy) is 1. The normalized spacial score (nSPS) is 19.0. The summed E-state index contributed by atoms with van der Waals surface area (Å²) >= 11 is 1.44. The number of carboxylic acids is 1. The fourth-order valence-electron chi connectivity index (χ4n) is 6.46. The Morgan fingerprint density at radius 2 is 1.74 bits per heavy atom. The number of aliphatic hydroxyl groups excluding tert-OH is 1. The molecule has 11 nitrogen and oxygen atoms in total. The van der Waals surface area contributed by atoms with Crippen LogP contribution in [0.5, 0.6) is 5.75 Å². The van der Waals surface area contributed by atoms with Gasteiger partial charge in [-0.05, 0) is 84.0 Å². The molecule has 1 aromatic heterocycles. The monoisotopic (exact) mass is 689 g/mol. The number of anilines is 1. The Labute approximate surface area is 284 Å². The minimum Gasteiger partial charge on any atom is -0.494 e. The number of benzene rings is 2. The van der Waals surface area contributed by atoms with Gasteiger partial charge in [0.15, 0.2) is 0 Å². The van der Waals surface area contributed by atoms with E-state index in [9.17, 15) is 19.0 Å². The van der Waals surface area contributed by atoms with Crippen molar-refractivity contribution in [1.82, 2.24) is 20.2 Å². The molecule has 2 heterocycles. The first kappa shape index (κ1) is 37.0. The zero-order chi connectivity index (χ0) is 34.0. The van der Waals surface area contributed by atoms with Crippen molar-refractivity contribution in [2.45, 2.75) is 100 Å². The Bertz CT molecular complexity index is 1430. The summed E-state index contributed by atoms with van der Waals surface area (Å²) in [6, 6.07) is 13.7. The van der Waals surface area contributed by atoms with E-state index in [0.29, 0.717) is 16.7 Å². The number of hydrogen-bond donors (Lipinski definition) is 4. The van der Waals surface area contributed by atoms with E-state index in [4.69, 9.17) is 9.84 Å². The molecule has 3 aromatic rings. The number of aliphatic carboxylic acids is 1. The number of thioether (sulfide) groups is 1. The Kier molecular flexibility index (Phi) is 13.4. The van der Waals surface area contributed by atoms with Crippen molar-refractivity contribution in [2.75, 3.05) is 37.1 Å². The first-order valence-electron chi connectivity index (χ1n) is 16.6. The molecule has 0 bridgehead atoms. The second-order valence-corrected chi connectivity index (χ2v) is 15.9. The smallest absolute Gasteiger partial charge is 0.325 e. The Morgan fingerprint density at radius 3 is 2.38 bits per heavy atom. The molecule has 4 rings (SSSR count). The number of tetrazole rings is 1. The average Bonchev–Trinajstić information content (AvgIpc) is 3.45. The van der Waals surface area contributed by atoms with Gasteiger partial charge >= 0.3 is 5.97 Å². The summed E-state index contributed by atoms with van der Waals surface area (Å²) in [7, 11) is 0.777. The van der Waals surface area contributed by atoms with Gasteiger partial charge in [-0.1, -0.05) is 63.4 Å². The molecule has 0 aliphatic carbocycles. The summed E-state index contributed by atoms with van der Waals surface area (Å²) < 4.78 is 30.8. The highest BCUT2D eigenvalue weighted by molar-refractivity contribution is 8.24. The second-order valence-electron chi connectivity index (χ2n) is 12.8. The predicted molar refractivity (Wildman–Crippen MR) is 188 cm³/mol. The number of aromatic nitrogens is 4. The second kappa shape index (κ2) is 17.0. The van der Waals surface area contributed by atoms with Crippen molar-refractivity contribution < 1.29 is 28.8 Å². The van der Waals surface area contributed by atoms with E-state index in [2.05, 4.69) is 29.4 Å². The number of fused-ring (bicyclic) bond motifs is 1. The molecule has 47 heavy (non-hydrogen) atoms. The van der Waals surface area contributed by atoms with Crippen LogP contribution in [-0.2, 0) is 11.3 Å². The summed E-state index contributed by atoms with van der Waals surface area (Å²) in [6.45, 7) is 4.57. The standard InChI is InChI=1S/C34H51N5O6S2/c1-5-7-18-34(19-8-6-2)24-47(43,44)29-17-14-26(38(3)4)22-28(29)31(32(34)42)25-12-15-27(16-13-25)45-20-10-9-11-21-46-33-35-36-37-39(33)23-30(40)41/h12-17,22,31-32,42-44H,5-11,18-21,23-24H2,1-4H3,(H,40,41). The van der Waals surface area contributed by atoms with Crippen LogP contribution in [0.4, 0.5) is 5.69 Å². The molecule has 0 fully saturated rings. The van der Waals surface area contributed by atoms with E-state index in [1.54, 1.807) is 0 Å². The number of hydrogen-bond acceptors (Lipinski definition) is 10. The SMILES string of the molecule is CCCCC1(CCCC)CS(O)(O)c2ccc(N(C)C)cc2C(c2ccc(OCCCCCSc3nnnn3CC(=O)O)cc2)C1O. The van der Waals surface area contributed by atoms with E-state index in [1.807, 2.05) is 61.5 Å². The summed E-state index contributed by atoms with van der Waals surface area (Å²) in [5.74, 6) is 0.288. The largest absolute Gasteiger partial charge is 0.494 e. The van der Waals surface area contributed by atoms with E-state index in [0.717, 1.165) is 86.1 Å². The number of carbonyl (C=O) groups is 1. The van der Waals surface area contributed by atoms with Gasteiger partial charge in [-0.2, -0.15) is 10.6 Å². The maximum Gasteiger partial charge on any atom is 0.325 e. The first-order chi connectivity index (χ1) is 22.5. The van der Waals surface area contributed by atoms with Crippen LogP contribution in [0, 0.1) is 5.41 Å². The molecule has 0 saturated heterocycles. The van der Waals surface area contributed by atoms with Crippen LogP contribution in [0.2, 0.25) is 0 Å². The number of unbranched alkanes of at least 4 members (excludes halogenated alkanes) is 4. The lowest BCUT2D eigenvalue weighted by Gasteiger charge is -2.44. The Morgan fingerprint density at radius 1 is 1.04 bits per heavy atom. The van der Waals surface area contributed by atoms with Gasteiger partial charge in [0.1, 0.15) is 12.3 Å². The van der Waals surface area contributed by atoms with Crippen LogP contribution >= 0.6 is 22.4 Å². The number of nitrogens with zero attached hydrogens (tertiary/aromatic N) is 5. The number of aliphatic hydroxyl groups is 1. The van der Waals surface area contributed by atoms with E-state index in [-0.39, 0.29) is 12.3 Å². The highest BCUT2D eigenvalue weighted by Crippen LogP contribution is 2.62. The quantitative estimate of drug-likeness (QED) is 0.0795. The van der Waals surface area contributed by atoms with Crippen LogP contribution in [-0.4, -0.2) is 83.8 Å². The number of rotatable bonds is 18. The fourth-order valence-corrected chi connectivity index (χ4v) is 9.60. The molecule has 0 saturated carbocycles. The van der Waals surface area contributed by atoms with Crippen LogP contribution in [0.15, 0.2) is 52.5 Å². The lowest BCUT2D eigenvalue weighted by molar-refractivity contribution is -0.138. The van der Waals surface area contributed by atoms with Crippen LogP contribution in [0.25, 0.3) is 0 Å². The molecule has 0 amide bonds. The zero-order valence-electron chi connectivity index (χ0n) is 28.0. The van der Waals surface area contributed by atoms with Gasteiger partial charge in [-0.15, -0.1) is 5.10 Å². The van der Waals surface area contributed by atoms with Gasteiger partial charge in [0.2, 0.25) is 5.16 Å².